The predicted octanol–water partition coefficient (Wildman–Crippen LogP) is 1.74. The largest absolute Gasteiger partial charge is 0.457 e. The van der Waals surface area contributed by atoms with Crippen molar-refractivity contribution in [2.45, 2.75) is 52.2 Å². The molecule has 2 saturated carbocycles. The molecule has 4 atom stereocenters. The number of aliphatic hydroxyl groups is 1. The Labute approximate surface area is 90.8 Å². The van der Waals surface area contributed by atoms with Crippen molar-refractivity contribution in [2.24, 2.45) is 17.3 Å². The van der Waals surface area contributed by atoms with Crippen molar-refractivity contribution in [3.05, 3.63) is 0 Å². The van der Waals surface area contributed by atoms with Gasteiger partial charge in [0.25, 0.3) is 0 Å². The van der Waals surface area contributed by atoms with Crippen molar-refractivity contribution in [1.82, 2.24) is 0 Å². The molecule has 0 aromatic rings. The Balaban J connectivity index is 2.12. The zero-order chi connectivity index (χ0) is 11.4. The fraction of sp³-hybridized carbons (Fsp3) is 0.917. The van der Waals surface area contributed by atoms with E-state index in [4.69, 9.17) is 4.74 Å². The lowest BCUT2D eigenvalue weighted by Crippen LogP contribution is -2.46. The summed E-state index contributed by atoms with van der Waals surface area (Å²) >= 11 is 0. The van der Waals surface area contributed by atoms with Gasteiger partial charge in [0.1, 0.15) is 5.60 Å². The average molecular weight is 212 g/mol. The Kier molecular flexibility index (Phi) is 2.16. The lowest BCUT2D eigenvalue weighted by atomic mass is 9.83. The van der Waals surface area contributed by atoms with Crippen LogP contribution in [0.5, 0.6) is 0 Å². The molecule has 0 aromatic carbocycles. The van der Waals surface area contributed by atoms with Crippen LogP contribution in [0.15, 0.2) is 0 Å². The highest BCUT2D eigenvalue weighted by Crippen LogP contribution is 2.66. The van der Waals surface area contributed by atoms with Crippen molar-refractivity contribution in [3.8, 4) is 0 Å². The molecule has 86 valence electrons. The molecule has 0 amide bonds. The van der Waals surface area contributed by atoms with Gasteiger partial charge < -0.3 is 9.84 Å². The highest BCUT2D eigenvalue weighted by Gasteiger charge is 2.64. The van der Waals surface area contributed by atoms with Crippen LogP contribution in [-0.2, 0) is 9.53 Å². The van der Waals surface area contributed by atoms with Crippen molar-refractivity contribution >= 4 is 5.97 Å². The molecule has 3 nitrogen and oxygen atoms in total. The molecule has 2 aliphatic carbocycles. The molecule has 0 spiro atoms. The lowest BCUT2D eigenvalue weighted by Gasteiger charge is -2.37. The summed E-state index contributed by atoms with van der Waals surface area (Å²) in [4.78, 5) is 11.0. The molecular formula is C12H20O3. The van der Waals surface area contributed by atoms with Crippen molar-refractivity contribution in [3.63, 3.8) is 0 Å². The highest BCUT2D eigenvalue weighted by molar-refractivity contribution is 5.66. The molecule has 2 fully saturated rings. The second-order valence-corrected chi connectivity index (χ2v) is 5.90. The topological polar surface area (TPSA) is 46.5 Å². The molecule has 2 aliphatic rings. The molecule has 0 aliphatic heterocycles. The van der Waals surface area contributed by atoms with Crippen LogP contribution in [0, 0.1) is 17.3 Å². The van der Waals surface area contributed by atoms with E-state index in [1.807, 2.05) is 6.92 Å². The molecule has 0 bridgehead atoms. The van der Waals surface area contributed by atoms with Gasteiger partial charge in [-0.3, -0.25) is 4.79 Å². The second-order valence-electron chi connectivity index (χ2n) is 5.90. The third-order valence-corrected chi connectivity index (χ3v) is 4.47. The summed E-state index contributed by atoms with van der Waals surface area (Å²) in [5.41, 5.74) is -0.348. The van der Waals surface area contributed by atoms with E-state index < -0.39 is 11.7 Å². The summed E-state index contributed by atoms with van der Waals surface area (Å²) in [6, 6.07) is 0. The predicted molar refractivity (Wildman–Crippen MR) is 56.2 cm³/mol. The number of fused-ring (bicyclic) bond motifs is 1. The standard InChI is InChI=1S/C12H20O3/c1-7(13)15-12(4)6-9-8(5-10(12)14)11(9,2)3/h8-10,14H,5-6H2,1-4H3/t8-,9+,10-,12-/m1/s1. The van der Waals surface area contributed by atoms with Crippen molar-refractivity contribution in [1.29, 1.82) is 0 Å². The molecule has 0 unspecified atom stereocenters. The van der Waals surface area contributed by atoms with Gasteiger partial charge in [-0.05, 0) is 37.0 Å². The molecule has 0 heterocycles. The molecule has 1 N–H and O–H groups in total. The number of ether oxygens (including phenoxy) is 1. The first-order valence-electron chi connectivity index (χ1n) is 5.65. The van der Waals surface area contributed by atoms with E-state index >= 15 is 0 Å². The molecule has 0 aromatic heterocycles. The number of hydrogen-bond acceptors (Lipinski definition) is 3. The van der Waals surface area contributed by atoms with Crippen molar-refractivity contribution in [2.75, 3.05) is 0 Å². The number of carbonyl (C=O) groups excluding carboxylic acids is 1. The fourth-order valence-electron chi connectivity index (χ4n) is 3.23. The third-order valence-electron chi connectivity index (χ3n) is 4.47. The monoisotopic (exact) mass is 212 g/mol. The normalized spacial score (nSPS) is 46.9. The fourth-order valence-corrected chi connectivity index (χ4v) is 3.23. The maximum Gasteiger partial charge on any atom is 0.303 e. The highest BCUT2D eigenvalue weighted by atomic mass is 16.6. The number of aliphatic hydroxyl groups excluding tert-OH is 1. The quantitative estimate of drug-likeness (QED) is 0.673. The minimum Gasteiger partial charge on any atom is -0.457 e. The minimum absolute atomic E-state index is 0.298. The first-order valence-corrected chi connectivity index (χ1v) is 5.65. The number of hydrogen-bond donors (Lipinski definition) is 1. The molecule has 15 heavy (non-hydrogen) atoms. The van der Waals surface area contributed by atoms with E-state index in [-0.39, 0.29) is 5.97 Å². The van der Waals surface area contributed by atoms with E-state index in [0.29, 0.717) is 17.3 Å². The van der Waals surface area contributed by atoms with Gasteiger partial charge in [-0.15, -0.1) is 0 Å². The number of rotatable bonds is 1. The number of carbonyl (C=O) groups is 1. The van der Waals surface area contributed by atoms with Crippen LogP contribution in [0.2, 0.25) is 0 Å². The smallest absolute Gasteiger partial charge is 0.303 e. The second kappa shape index (κ2) is 2.97. The van der Waals surface area contributed by atoms with Crippen LogP contribution in [-0.4, -0.2) is 22.8 Å². The van der Waals surface area contributed by atoms with E-state index in [2.05, 4.69) is 13.8 Å². The van der Waals surface area contributed by atoms with Crippen LogP contribution in [0.3, 0.4) is 0 Å². The van der Waals surface area contributed by atoms with E-state index in [1.165, 1.54) is 6.92 Å². The first kappa shape index (κ1) is 10.9. The van der Waals surface area contributed by atoms with Gasteiger partial charge in [0.05, 0.1) is 6.10 Å². The summed E-state index contributed by atoms with van der Waals surface area (Å²) in [5.74, 6) is 0.912. The van der Waals surface area contributed by atoms with Crippen LogP contribution < -0.4 is 0 Å². The van der Waals surface area contributed by atoms with Gasteiger partial charge >= 0.3 is 5.97 Å². The van der Waals surface area contributed by atoms with Crippen LogP contribution in [0.1, 0.15) is 40.5 Å². The van der Waals surface area contributed by atoms with Gasteiger partial charge in [0.2, 0.25) is 0 Å². The van der Waals surface area contributed by atoms with Crippen molar-refractivity contribution < 1.29 is 14.6 Å². The van der Waals surface area contributed by atoms with Crippen LogP contribution in [0.25, 0.3) is 0 Å². The Morgan fingerprint density at radius 2 is 1.93 bits per heavy atom. The Morgan fingerprint density at radius 1 is 1.33 bits per heavy atom. The maximum atomic E-state index is 11.0. The maximum absolute atomic E-state index is 11.0. The Morgan fingerprint density at radius 3 is 2.47 bits per heavy atom. The van der Waals surface area contributed by atoms with Gasteiger partial charge in [0, 0.05) is 6.92 Å². The summed E-state index contributed by atoms with van der Waals surface area (Å²) in [5, 5.41) is 10.0. The number of esters is 1. The minimum atomic E-state index is -0.666. The van der Waals surface area contributed by atoms with E-state index in [9.17, 15) is 9.90 Å². The molecule has 0 radical (unpaired) electrons. The molecule has 0 saturated heterocycles. The first-order chi connectivity index (χ1) is 6.77. The average Bonchev–Trinajstić information content (AvgIpc) is 2.53. The summed E-state index contributed by atoms with van der Waals surface area (Å²) in [6.07, 6.45) is 1.05. The SMILES string of the molecule is CC(=O)O[C@]1(C)C[C@H]2[C@@H](C[C@H]1O)C2(C)C. The Bertz CT molecular complexity index is 297. The van der Waals surface area contributed by atoms with Gasteiger partial charge in [0.15, 0.2) is 0 Å². The Hall–Kier alpha value is -0.570. The molecule has 3 heteroatoms. The van der Waals surface area contributed by atoms with Gasteiger partial charge in [-0.2, -0.15) is 0 Å². The third kappa shape index (κ3) is 1.57. The van der Waals surface area contributed by atoms with E-state index in [0.717, 1.165) is 12.8 Å². The zero-order valence-electron chi connectivity index (χ0n) is 9.91. The zero-order valence-corrected chi connectivity index (χ0v) is 9.91. The van der Waals surface area contributed by atoms with Gasteiger partial charge in [-0.1, -0.05) is 13.8 Å². The van der Waals surface area contributed by atoms with Gasteiger partial charge in [-0.25, -0.2) is 0 Å². The summed E-state index contributed by atoms with van der Waals surface area (Å²) in [7, 11) is 0. The molecule has 2 rings (SSSR count). The molecular weight excluding hydrogens is 192 g/mol. The van der Waals surface area contributed by atoms with E-state index in [1.54, 1.807) is 0 Å². The summed E-state index contributed by atoms with van der Waals surface area (Å²) in [6.45, 7) is 7.72. The lowest BCUT2D eigenvalue weighted by molar-refractivity contribution is -0.174. The van der Waals surface area contributed by atoms with Crippen LogP contribution in [0.4, 0.5) is 0 Å². The van der Waals surface area contributed by atoms with Crippen LogP contribution >= 0.6 is 0 Å². The summed E-state index contributed by atoms with van der Waals surface area (Å²) < 4.78 is 5.29.